The van der Waals surface area contributed by atoms with E-state index in [0.717, 1.165) is 12.8 Å². The van der Waals surface area contributed by atoms with Crippen molar-refractivity contribution in [1.29, 1.82) is 10.7 Å². The summed E-state index contributed by atoms with van der Waals surface area (Å²) in [6.45, 7) is 2.23. The number of allylic oxidation sites excluding steroid dienone is 1. The fourth-order valence-electron chi connectivity index (χ4n) is 2.08. The molecule has 0 aromatic rings. The first-order valence-electron chi connectivity index (χ1n) is 7.18. The minimum Gasteiger partial charge on any atom is -0.257 e. The maximum atomic E-state index is 8.80. The van der Waals surface area contributed by atoms with Gasteiger partial charge in [-0.05, 0) is 6.42 Å². The molecule has 0 saturated carbocycles. The van der Waals surface area contributed by atoms with Gasteiger partial charge in [0.2, 0.25) is 0 Å². The minimum atomic E-state index is 0.226. The molecule has 1 aliphatic heterocycles. The second kappa shape index (κ2) is 9.24. The van der Waals surface area contributed by atoms with E-state index in [4.69, 9.17) is 10.7 Å². The number of hydrogen-bond donors (Lipinski definition) is 1. The van der Waals surface area contributed by atoms with Crippen LogP contribution in [0.15, 0.2) is 15.7 Å². The van der Waals surface area contributed by atoms with Gasteiger partial charge in [-0.3, -0.25) is 5.41 Å². The molecule has 0 aromatic carbocycles. The van der Waals surface area contributed by atoms with E-state index >= 15 is 0 Å². The molecule has 1 rings (SSSR count). The van der Waals surface area contributed by atoms with Crippen molar-refractivity contribution in [2.24, 2.45) is 9.98 Å². The molecular formula is C15H22N4. The van der Waals surface area contributed by atoms with Crippen LogP contribution >= 0.6 is 0 Å². The fraction of sp³-hybridized carbons (Fsp3) is 0.667. The monoisotopic (exact) mass is 258 g/mol. The Morgan fingerprint density at radius 3 is 2.16 bits per heavy atom. The zero-order valence-corrected chi connectivity index (χ0v) is 11.7. The first kappa shape index (κ1) is 15.3. The maximum absolute atomic E-state index is 8.80. The van der Waals surface area contributed by atoms with E-state index in [1.807, 2.05) is 6.07 Å². The summed E-state index contributed by atoms with van der Waals surface area (Å²) in [5.41, 5.74) is 0.502. The molecule has 0 atom stereocenters. The first-order valence-corrected chi connectivity index (χ1v) is 7.18. The molecule has 1 aliphatic rings. The lowest BCUT2D eigenvalue weighted by Gasteiger charge is -2.00. The molecular weight excluding hydrogens is 236 g/mol. The predicted octanol–water partition coefficient (Wildman–Crippen LogP) is 4.03. The summed E-state index contributed by atoms with van der Waals surface area (Å²) >= 11 is 0. The summed E-state index contributed by atoms with van der Waals surface area (Å²) < 4.78 is 0. The van der Waals surface area contributed by atoms with Crippen molar-refractivity contribution < 1.29 is 0 Å². The normalized spacial score (nSPS) is 13.8. The number of nitrogens with one attached hydrogen (secondary N) is 1. The van der Waals surface area contributed by atoms with Crippen LogP contribution in [-0.2, 0) is 0 Å². The molecule has 1 heterocycles. The lowest BCUT2D eigenvalue weighted by molar-refractivity contribution is 0.580. The van der Waals surface area contributed by atoms with Gasteiger partial charge in [-0.25, -0.2) is 9.98 Å². The molecule has 1 N–H and O–H groups in total. The summed E-state index contributed by atoms with van der Waals surface area (Å²) in [6.07, 6.45) is 10.9. The number of rotatable bonds is 9. The molecule has 4 nitrogen and oxygen atoms in total. The van der Waals surface area contributed by atoms with Crippen LogP contribution in [0.1, 0.15) is 64.7 Å². The lowest BCUT2D eigenvalue weighted by Crippen LogP contribution is -1.93. The van der Waals surface area contributed by atoms with Crippen molar-refractivity contribution in [3.63, 3.8) is 0 Å². The lowest BCUT2D eigenvalue weighted by atomic mass is 10.1. The highest BCUT2D eigenvalue weighted by Crippen LogP contribution is 2.14. The number of amidine groups is 1. The number of hydrogen-bond acceptors (Lipinski definition) is 4. The van der Waals surface area contributed by atoms with Crippen LogP contribution < -0.4 is 0 Å². The molecule has 4 heteroatoms. The van der Waals surface area contributed by atoms with Gasteiger partial charge in [-0.15, -0.1) is 0 Å². The van der Waals surface area contributed by atoms with Gasteiger partial charge in [0.25, 0.3) is 0 Å². The van der Waals surface area contributed by atoms with E-state index in [1.165, 1.54) is 44.9 Å². The molecule has 0 fully saturated rings. The van der Waals surface area contributed by atoms with Crippen LogP contribution in [-0.4, -0.2) is 17.4 Å². The van der Waals surface area contributed by atoms with Crippen LogP contribution in [0.5, 0.6) is 0 Å². The minimum absolute atomic E-state index is 0.226. The van der Waals surface area contributed by atoms with Gasteiger partial charge in [0, 0.05) is 12.3 Å². The van der Waals surface area contributed by atoms with Gasteiger partial charge in [0.15, 0.2) is 11.4 Å². The highest BCUT2D eigenvalue weighted by Gasteiger charge is 2.15. The Hall–Kier alpha value is -1.72. The van der Waals surface area contributed by atoms with Gasteiger partial charge in [-0.2, -0.15) is 5.26 Å². The van der Waals surface area contributed by atoms with E-state index in [0.29, 0.717) is 5.84 Å². The standard InChI is InChI=1S/C15H22N4/c1-2-3-4-5-6-7-8-9-10-15-18-13(11-16)14(12-17)19-15/h16H,2-10H2,1H3. The van der Waals surface area contributed by atoms with Crippen molar-refractivity contribution >= 4 is 17.4 Å². The fourth-order valence-corrected chi connectivity index (χ4v) is 2.08. The number of nitrogens with zero attached hydrogens (tertiary/aromatic N) is 3. The molecule has 0 saturated heterocycles. The van der Waals surface area contributed by atoms with E-state index in [2.05, 4.69) is 22.8 Å². The Kier molecular flexibility index (Phi) is 7.46. The summed E-state index contributed by atoms with van der Waals surface area (Å²) in [7, 11) is 0. The topological polar surface area (TPSA) is 72.4 Å². The third-order valence-corrected chi connectivity index (χ3v) is 3.18. The summed E-state index contributed by atoms with van der Waals surface area (Å²) in [6, 6.07) is 1.94. The van der Waals surface area contributed by atoms with Crippen molar-refractivity contribution in [1.82, 2.24) is 0 Å². The molecule has 0 bridgehead atoms. The van der Waals surface area contributed by atoms with Gasteiger partial charge < -0.3 is 0 Å². The molecule has 0 aromatic heterocycles. The maximum Gasteiger partial charge on any atom is 0.177 e. The Morgan fingerprint density at radius 1 is 1.00 bits per heavy atom. The van der Waals surface area contributed by atoms with E-state index in [1.54, 1.807) is 0 Å². The molecule has 0 unspecified atom stereocenters. The van der Waals surface area contributed by atoms with Gasteiger partial charge in [-0.1, -0.05) is 51.9 Å². The summed E-state index contributed by atoms with van der Waals surface area (Å²) in [5, 5.41) is 15.8. The summed E-state index contributed by atoms with van der Waals surface area (Å²) in [4.78, 5) is 8.23. The zero-order valence-electron chi connectivity index (χ0n) is 11.7. The number of nitriles is 1. The van der Waals surface area contributed by atoms with E-state index in [-0.39, 0.29) is 11.4 Å². The number of aliphatic imine (C=N–C) groups is 2. The second-order valence-electron chi connectivity index (χ2n) is 4.80. The molecule has 0 spiro atoms. The Morgan fingerprint density at radius 2 is 1.63 bits per heavy atom. The SMILES string of the molecule is CCCCCCCCCCC1=NC(=C=N)C(C#N)=N1. The van der Waals surface area contributed by atoms with E-state index < -0.39 is 0 Å². The third kappa shape index (κ3) is 5.63. The first-order chi connectivity index (χ1) is 9.31. The Labute approximate surface area is 115 Å². The molecule has 19 heavy (non-hydrogen) atoms. The predicted molar refractivity (Wildman–Crippen MR) is 78.9 cm³/mol. The molecule has 0 aliphatic carbocycles. The van der Waals surface area contributed by atoms with E-state index in [9.17, 15) is 0 Å². The van der Waals surface area contributed by atoms with Crippen molar-refractivity contribution in [2.75, 3.05) is 0 Å². The van der Waals surface area contributed by atoms with Crippen molar-refractivity contribution in [3.05, 3.63) is 5.70 Å². The average molecular weight is 258 g/mol. The zero-order chi connectivity index (χ0) is 13.9. The van der Waals surface area contributed by atoms with Gasteiger partial charge >= 0.3 is 0 Å². The van der Waals surface area contributed by atoms with Crippen LogP contribution in [0.4, 0.5) is 0 Å². The molecule has 0 radical (unpaired) electrons. The Balaban J connectivity index is 2.13. The molecule has 102 valence electrons. The van der Waals surface area contributed by atoms with Crippen LogP contribution in [0.3, 0.4) is 0 Å². The third-order valence-electron chi connectivity index (χ3n) is 3.18. The quantitative estimate of drug-likeness (QED) is 0.492. The smallest absolute Gasteiger partial charge is 0.177 e. The van der Waals surface area contributed by atoms with Gasteiger partial charge in [0.05, 0.1) is 0 Å². The van der Waals surface area contributed by atoms with Crippen molar-refractivity contribution in [3.8, 4) is 6.07 Å². The average Bonchev–Trinajstić information content (AvgIpc) is 2.84. The molecule has 0 amide bonds. The van der Waals surface area contributed by atoms with Gasteiger partial charge in [0.1, 0.15) is 11.9 Å². The highest BCUT2D eigenvalue weighted by molar-refractivity contribution is 6.23. The van der Waals surface area contributed by atoms with Crippen LogP contribution in [0, 0.1) is 16.7 Å². The van der Waals surface area contributed by atoms with Crippen molar-refractivity contribution in [2.45, 2.75) is 64.7 Å². The number of unbranched alkanes of at least 4 members (excludes halogenated alkanes) is 7. The van der Waals surface area contributed by atoms with Crippen LogP contribution in [0.2, 0.25) is 0 Å². The summed E-state index contributed by atoms with van der Waals surface area (Å²) in [5.74, 6) is 2.83. The largest absolute Gasteiger partial charge is 0.257 e. The Bertz CT molecular complexity index is 434. The second-order valence-corrected chi connectivity index (χ2v) is 4.80. The highest BCUT2D eigenvalue weighted by atomic mass is 15.0. The van der Waals surface area contributed by atoms with Crippen LogP contribution in [0.25, 0.3) is 0 Å².